The summed E-state index contributed by atoms with van der Waals surface area (Å²) in [5, 5.41) is 0. The largest absolute Gasteiger partial charge is 0.461 e. The van der Waals surface area contributed by atoms with E-state index in [0.29, 0.717) is 12.8 Å². The first-order valence-electron chi connectivity index (χ1n) is 14.7. The molecule has 5 aromatic rings. The molecule has 0 unspecified atom stereocenters. The molecule has 42 heavy (non-hydrogen) atoms. The molecule has 2 heterocycles. The van der Waals surface area contributed by atoms with Gasteiger partial charge in [-0.3, -0.25) is 14.6 Å². The van der Waals surface area contributed by atoms with E-state index in [1.807, 2.05) is 54.6 Å². The molecule has 1 N–H and O–H groups in total. The van der Waals surface area contributed by atoms with Crippen LogP contribution in [-0.4, -0.2) is 26.7 Å². The van der Waals surface area contributed by atoms with Crippen molar-refractivity contribution in [2.24, 2.45) is 5.41 Å². The van der Waals surface area contributed by atoms with Crippen LogP contribution in [-0.2, 0) is 27.4 Å². The Hall–Kier alpha value is -4.58. The zero-order valence-corrected chi connectivity index (χ0v) is 23.7. The zero-order valence-electron chi connectivity index (χ0n) is 23.7. The molecule has 1 saturated carbocycles. The number of benzene rings is 3. The summed E-state index contributed by atoms with van der Waals surface area (Å²) in [5.41, 5.74) is 5.39. The number of Topliss-reactive ketones (excluding diaryl/α,β-unsaturated/α-hetero) is 1. The molecule has 212 valence electrons. The molecule has 1 atom stereocenters. The summed E-state index contributed by atoms with van der Waals surface area (Å²) < 4.78 is 5.62. The van der Waals surface area contributed by atoms with Crippen LogP contribution in [0.3, 0.4) is 0 Å². The number of hydrogen-bond acceptors (Lipinski definition) is 5. The topological polar surface area (TPSA) is 84.9 Å². The summed E-state index contributed by atoms with van der Waals surface area (Å²) in [5.74, 6) is 0.432. The van der Waals surface area contributed by atoms with E-state index in [0.717, 1.165) is 59.2 Å². The Balaban J connectivity index is 1.22. The fourth-order valence-electron chi connectivity index (χ4n) is 6.20. The first-order valence-corrected chi connectivity index (χ1v) is 14.7. The normalized spacial score (nSPS) is 15.0. The summed E-state index contributed by atoms with van der Waals surface area (Å²) in [4.78, 5) is 39.6. The second-order valence-corrected chi connectivity index (χ2v) is 11.4. The number of aromatic nitrogens is 3. The summed E-state index contributed by atoms with van der Waals surface area (Å²) >= 11 is 0. The lowest BCUT2D eigenvalue weighted by Crippen LogP contribution is -2.33. The molecule has 6 nitrogen and oxygen atoms in total. The van der Waals surface area contributed by atoms with Crippen molar-refractivity contribution in [1.82, 2.24) is 15.0 Å². The van der Waals surface area contributed by atoms with Crippen LogP contribution in [0.15, 0.2) is 103 Å². The van der Waals surface area contributed by atoms with Gasteiger partial charge in [0.25, 0.3) is 0 Å². The number of ketones is 1. The van der Waals surface area contributed by atoms with Gasteiger partial charge in [0, 0.05) is 24.0 Å². The van der Waals surface area contributed by atoms with Gasteiger partial charge in [-0.05, 0) is 47.6 Å². The Labute approximate surface area is 246 Å². The molecule has 3 aromatic carbocycles. The summed E-state index contributed by atoms with van der Waals surface area (Å²) in [7, 11) is 0. The standard InChI is InChI=1S/C36H35N3O3/c40-33(36(18-7-8-19-36)23-34(41)42-25-27-9-3-1-4-10-27)22-30(35-38-31-17-20-37-24-32(31)39-35)21-26-13-15-29(16-14-26)28-11-5-2-6-12-28/h1-6,9-17,20,24,30H,7-8,18-19,21-23,25H2,(H,38,39)/t30-/m1/s1. The fraction of sp³-hybridized carbons (Fsp3) is 0.278. The van der Waals surface area contributed by atoms with Gasteiger partial charge in [0.1, 0.15) is 18.2 Å². The number of hydrogen-bond donors (Lipinski definition) is 1. The Morgan fingerprint density at radius 1 is 0.833 bits per heavy atom. The third kappa shape index (κ3) is 6.33. The highest BCUT2D eigenvalue weighted by Gasteiger charge is 2.43. The minimum atomic E-state index is -0.684. The van der Waals surface area contributed by atoms with Crippen LogP contribution in [0.4, 0.5) is 0 Å². The monoisotopic (exact) mass is 557 g/mol. The number of carbonyl (C=O) groups excluding carboxylic acids is 2. The smallest absolute Gasteiger partial charge is 0.307 e. The number of nitrogens with one attached hydrogen (secondary N) is 1. The van der Waals surface area contributed by atoms with Gasteiger partial charge in [-0.1, -0.05) is 97.8 Å². The van der Waals surface area contributed by atoms with E-state index in [-0.39, 0.29) is 30.7 Å². The van der Waals surface area contributed by atoms with E-state index in [9.17, 15) is 9.59 Å². The quantitative estimate of drug-likeness (QED) is 0.169. The van der Waals surface area contributed by atoms with E-state index >= 15 is 0 Å². The maximum atomic E-state index is 14.1. The van der Waals surface area contributed by atoms with E-state index in [1.165, 1.54) is 5.56 Å². The minimum Gasteiger partial charge on any atom is -0.461 e. The molecule has 0 radical (unpaired) electrons. The van der Waals surface area contributed by atoms with Crippen molar-refractivity contribution < 1.29 is 14.3 Å². The molecule has 0 spiro atoms. The van der Waals surface area contributed by atoms with Gasteiger partial charge in [0.15, 0.2) is 0 Å². The van der Waals surface area contributed by atoms with Crippen LogP contribution in [0.2, 0.25) is 0 Å². The van der Waals surface area contributed by atoms with Crippen LogP contribution < -0.4 is 0 Å². The number of aromatic amines is 1. The highest BCUT2D eigenvalue weighted by molar-refractivity contribution is 5.90. The number of carbonyl (C=O) groups is 2. The molecule has 0 amide bonds. The molecule has 1 fully saturated rings. The molecular formula is C36H35N3O3. The van der Waals surface area contributed by atoms with E-state index < -0.39 is 5.41 Å². The molecular weight excluding hydrogens is 522 g/mol. The van der Waals surface area contributed by atoms with Gasteiger partial charge < -0.3 is 9.72 Å². The Morgan fingerprint density at radius 2 is 1.52 bits per heavy atom. The molecule has 6 heteroatoms. The number of nitrogens with zero attached hydrogens (tertiary/aromatic N) is 2. The van der Waals surface area contributed by atoms with Gasteiger partial charge >= 0.3 is 5.97 Å². The highest BCUT2D eigenvalue weighted by Crippen LogP contribution is 2.44. The zero-order chi connectivity index (χ0) is 28.8. The number of fused-ring (bicyclic) bond motifs is 1. The first kappa shape index (κ1) is 27.6. The molecule has 0 aliphatic heterocycles. The number of esters is 1. The highest BCUT2D eigenvalue weighted by atomic mass is 16.5. The van der Waals surface area contributed by atoms with Gasteiger partial charge in [-0.2, -0.15) is 0 Å². The van der Waals surface area contributed by atoms with Crippen molar-refractivity contribution in [1.29, 1.82) is 0 Å². The first-order chi connectivity index (χ1) is 20.6. The van der Waals surface area contributed by atoms with Gasteiger partial charge in [0.2, 0.25) is 0 Å². The van der Waals surface area contributed by atoms with Crippen molar-refractivity contribution >= 4 is 22.8 Å². The Bertz CT molecular complexity index is 1610. The molecule has 6 rings (SSSR count). The SMILES string of the molecule is O=C(CC1(C(=O)C[C@@H](Cc2ccc(-c3ccccc3)cc2)c2nc3ccncc3[nH]2)CCCC1)OCc1ccccc1. The van der Waals surface area contributed by atoms with Crippen LogP contribution in [0, 0.1) is 5.41 Å². The van der Waals surface area contributed by atoms with Crippen LogP contribution in [0.5, 0.6) is 0 Å². The lowest BCUT2D eigenvalue weighted by Gasteiger charge is -2.28. The summed E-state index contributed by atoms with van der Waals surface area (Å²) in [6, 6.07) is 30.4. The predicted molar refractivity (Wildman–Crippen MR) is 164 cm³/mol. The molecule has 2 aromatic heterocycles. The maximum Gasteiger partial charge on any atom is 0.307 e. The number of H-pyrrole nitrogens is 1. The number of rotatable bonds is 11. The average molecular weight is 558 g/mol. The average Bonchev–Trinajstić information content (AvgIpc) is 3.69. The van der Waals surface area contributed by atoms with Crippen molar-refractivity contribution in [2.45, 2.75) is 57.5 Å². The molecule has 0 saturated heterocycles. The summed E-state index contributed by atoms with van der Waals surface area (Å²) in [6.07, 6.45) is 7.90. The number of imidazole rings is 1. The van der Waals surface area contributed by atoms with Crippen LogP contribution in [0.25, 0.3) is 22.2 Å². The number of pyridine rings is 1. The van der Waals surface area contributed by atoms with Crippen molar-refractivity contribution in [3.05, 3.63) is 120 Å². The van der Waals surface area contributed by atoms with Gasteiger partial charge in [0.05, 0.1) is 23.7 Å². The van der Waals surface area contributed by atoms with E-state index in [2.05, 4.69) is 46.4 Å². The summed E-state index contributed by atoms with van der Waals surface area (Å²) in [6.45, 7) is 0.221. The third-order valence-electron chi connectivity index (χ3n) is 8.54. The van der Waals surface area contributed by atoms with E-state index in [4.69, 9.17) is 9.72 Å². The molecule has 1 aliphatic carbocycles. The van der Waals surface area contributed by atoms with Crippen molar-refractivity contribution in [2.75, 3.05) is 0 Å². The second kappa shape index (κ2) is 12.5. The van der Waals surface area contributed by atoms with Crippen LogP contribution >= 0.6 is 0 Å². The lowest BCUT2D eigenvalue weighted by atomic mass is 9.74. The van der Waals surface area contributed by atoms with Crippen molar-refractivity contribution in [3.63, 3.8) is 0 Å². The second-order valence-electron chi connectivity index (χ2n) is 11.4. The Kier molecular flexibility index (Phi) is 8.22. The predicted octanol–water partition coefficient (Wildman–Crippen LogP) is 7.60. The van der Waals surface area contributed by atoms with Crippen LogP contribution in [0.1, 0.15) is 61.4 Å². The maximum absolute atomic E-state index is 14.1. The van der Waals surface area contributed by atoms with E-state index in [1.54, 1.807) is 12.4 Å². The number of ether oxygens (including phenoxy) is 1. The molecule has 1 aliphatic rings. The lowest BCUT2D eigenvalue weighted by molar-refractivity contribution is -0.151. The van der Waals surface area contributed by atoms with Gasteiger partial charge in [-0.15, -0.1) is 0 Å². The minimum absolute atomic E-state index is 0.126. The van der Waals surface area contributed by atoms with Gasteiger partial charge in [-0.25, -0.2) is 4.98 Å². The third-order valence-corrected chi connectivity index (χ3v) is 8.54. The van der Waals surface area contributed by atoms with Crippen molar-refractivity contribution in [3.8, 4) is 11.1 Å². The molecule has 0 bridgehead atoms. The fourth-order valence-corrected chi connectivity index (χ4v) is 6.20. The Morgan fingerprint density at radius 3 is 2.24 bits per heavy atom.